The van der Waals surface area contributed by atoms with Gasteiger partial charge in [-0.05, 0) is 30.3 Å². The maximum absolute atomic E-state index is 12.2. The minimum atomic E-state index is -0.306. The van der Waals surface area contributed by atoms with Gasteiger partial charge in [-0.25, -0.2) is 4.98 Å². The second-order valence-electron chi connectivity index (χ2n) is 5.33. The summed E-state index contributed by atoms with van der Waals surface area (Å²) in [4.78, 5) is 16.2. The number of nitrogens with zero attached hydrogens (tertiary/aromatic N) is 3. The summed E-state index contributed by atoms with van der Waals surface area (Å²) in [5.41, 5.74) is 1.99. The van der Waals surface area contributed by atoms with E-state index in [4.69, 9.17) is 14.7 Å². The summed E-state index contributed by atoms with van der Waals surface area (Å²) in [5.74, 6) is 0.493. The molecule has 0 aliphatic rings. The van der Waals surface area contributed by atoms with E-state index in [0.717, 1.165) is 5.69 Å². The van der Waals surface area contributed by atoms with Crippen LogP contribution in [0, 0.1) is 11.3 Å². The van der Waals surface area contributed by atoms with E-state index >= 15 is 0 Å². The van der Waals surface area contributed by atoms with Crippen LogP contribution in [0.4, 0.5) is 5.69 Å². The van der Waals surface area contributed by atoms with Crippen molar-refractivity contribution in [1.82, 2.24) is 9.55 Å². The third kappa shape index (κ3) is 3.99. The summed E-state index contributed by atoms with van der Waals surface area (Å²) in [5, 5.41) is 11.7. The number of nitriles is 1. The normalized spacial score (nSPS) is 10.0. The highest BCUT2D eigenvalue weighted by atomic mass is 16.5. The van der Waals surface area contributed by atoms with E-state index in [1.807, 2.05) is 35.0 Å². The van der Waals surface area contributed by atoms with E-state index in [9.17, 15) is 4.79 Å². The zero-order chi connectivity index (χ0) is 18.4. The molecule has 3 aromatic rings. The number of hydrogen-bond acceptors (Lipinski definition) is 5. The fourth-order valence-corrected chi connectivity index (χ4v) is 2.35. The third-order valence-corrected chi connectivity index (χ3v) is 3.58. The van der Waals surface area contributed by atoms with Crippen LogP contribution in [0.3, 0.4) is 0 Å². The molecule has 7 nitrogen and oxygen atoms in total. The lowest BCUT2D eigenvalue weighted by Gasteiger charge is -2.11. The van der Waals surface area contributed by atoms with Crippen molar-refractivity contribution < 1.29 is 14.3 Å². The van der Waals surface area contributed by atoms with E-state index in [0.29, 0.717) is 22.7 Å². The predicted octanol–water partition coefficient (Wildman–Crippen LogP) is 2.77. The van der Waals surface area contributed by atoms with E-state index < -0.39 is 0 Å². The minimum absolute atomic E-state index is 0.183. The molecule has 26 heavy (non-hydrogen) atoms. The highest BCUT2D eigenvalue weighted by Gasteiger charge is 2.09. The number of nitrogens with one attached hydrogen (secondary N) is 1. The zero-order valence-corrected chi connectivity index (χ0v) is 14.0. The highest BCUT2D eigenvalue weighted by Crippen LogP contribution is 2.27. The maximum Gasteiger partial charge on any atom is 0.262 e. The number of benzene rings is 2. The van der Waals surface area contributed by atoms with Gasteiger partial charge in [0, 0.05) is 29.8 Å². The quantitative estimate of drug-likeness (QED) is 0.740. The minimum Gasteiger partial charge on any atom is -0.493 e. The SMILES string of the molecule is COc1cc(C#N)ccc1OCC(=O)Nc1cccc(-n2ccnc2)c1. The lowest BCUT2D eigenvalue weighted by molar-refractivity contribution is -0.118. The fraction of sp³-hybridized carbons (Fsp3) is 0.105. The molecule has 1 aromatic heterocycles. The summed E-state index contributed by atoms with van der Waals surface area (Å²) in [6.07, 6.45) is 5.19. The molecule has 0 saturated carbocycles. The smallest absolute Gasteiger partial charge is 0.262 e. The Hall–Kier alpha value is -3.79. The van der Waals surface area contributed by atoms with Gasteiger partial charge in [0.1, 0.15) is 0 Å². The average molecular weight is 348 g/mol. The monoisotopic (exact) mass is 348 g/mol. The summed E-state index contributed by atoms with van der Waals surface area (Å²) in [6.45, 7) is -0.183. The van der Waals surface area contributed by atoms with Crippen LogP contribution in [0.5, 0.6) is 11.5 Å². The van der Waals surface area contributed by atoms with Crippen LogP contribution in [-0.2, 0) is 4.79 Å². The van der Waals surface area contributed by atoms with E-state index in [1.54, 1.807) is 36.8 Å². The first-order valence-corrected chi connectivity index (χ1v) is 7.79. The molecule has 0 atom stereocenters. The van der Waals surface area contributed by atoms with E-state index in [1.165, 1.54) is 7.11 Å². The van der Waals surface area contributed by atoms with Crippen molar-refractivity contribution in [2.45, 2.75) is 0 Å². The molecular formula is C19H16N4O3. The van der Waals surface area contributed by atoms with Crippen molar-refractivity contribution in [1.29, 1.82) is 5.26 Å². The lowest BCUT2D eigenvalue weighted by Crippen LogP contribution is -2.20. The number of carbonyl (C=O) groups is 1. The van der Waals surface area contributed by atoms with Crippen molar-refractivity contribution in [3.63, 3.8) is 0 Å². The molecule has 2 aromatic carbocycles. The standard InChI is InChI=1S/C19H16N4O3/c1-25-18-9-14(11-20)5-6-17(18)26-12-19(24)22-15-3-2-4-16(10-15)23-8-7-21-13-23/h2-10,13H,12H2,1H3,(H,22,24). The Morgan fingerprint density at radius 3 is 2.88 bits per heavy atom. The van der Waals surface area contributed by atoms with Crippen LogP contribution in [0.1, 0.15) is 5.56 Å². The Labute approximate surface area is 150 Å². The first-order chi connectivity index (χ1) is 12.7. The van der Waals surface area contributed by atoms with Crippen LogP contribution in [0.25, 0.3) is 5.69 Å². The number of amides is 1. The van der Waals surface area contributed by atoms with Crippen LogP contribution in [-0.4, -0.2) is 29.2 Å². The number of methoxy groups -OCH3 is 1. The van der Waals surface area contributed by atoms with Gasteiger partial charge in [0.05, 0.1) is 25.1 Å². The summed E-state index contributed by atoms with van der Waals surface area (Å²) in [6, 6.07) is 14.2. The average Bonchev–Trinajstić information content (AvgIpc) is 3.21. The van der Waals surface area contributed by atoms with Gasteiger partial charge < -0.3 is 19.4 Å². The van der Waals surface area contributed by atoms with Crippen LogP contribution >= 0.6 is 0 Å². The second kappa shape index (κ2) is 7.85. The Morgan fingerprint density at radius 1 is 1.27 bits per heavy atom. The summed E-state index contributed by atoms with van der Waals surface area (Å²) in [7, 11) is 1.48. The number of aromatic nitrogens is 2. The van der Waals surface area contributed by atoms with Crippen molar-refractivity contribution in [3.05, 3.63) is 66.7 Å². The van der Waals surface area contributed by atoms with E-state index in [-0.39, 0.29) is 12.5 Å². The highest BCUT2D eigenvalue weighted by molar-refractivity contribution is 5.92. The van der Waals surface area contributed by atoms with Crippen molar-refractivity contribution in [2.75, 3.05) is 19.0 Å². The van der Waals surface area contributed by atoms with Gasteiger partial charge in [-0.15, -0.1) is 0 Å². The van der Waals surface area contributed by atoms with Gasteiger partial charge in [-0.3, -0.25) is 4.79 Å². The first-order valence-electron chi connectivity index (χ1n) is 7.79. The molecule has 0 aliphatic carbocycles. The molecule has 130 valence electrons. The van der Waals surface area contributed by atoms with E-state index in [2.05, 4.69) is 10.3 Å². The molecule has 0 bridgehead atoms. The summed E-state index contributed by atoms with van der Waals surface area (Å²) >= 11 is 0. The third-order valence-electron chi connectivity index (χ3n) is 3.58. The Kier molecular flexibility index (Phi) is 5.15. The molecule has 0 unspecified atom stereocenters. The van der Waals surface area contributed by atoms with Gasteiger partial charge in [0.2, 0.25) is 0 Å². The number of hydrogen-bond donors (Lipinski definition) is 1. The lowest BCUT2D eigenvalue weighted by atomic mass is 10.2. The molecule has 7 heteroatoms. The van der Waals surface area contributed by atoms with Crippen LogP contribution in [0.15, 0.2) is 61.2 Å². The molecular weight excluding hydrogens is 332 g/mol. The number of ether oxygens (including phenoxy) is 2. The van der Waals surface area contributed by atoms with Gasteiger partial charge in [-0.2, -0.15) is 5.26 Å². The van der Waals surface area contributed by atoms with Crippen LogP contribution < -0.4 is 14.8 Å². The Morgan fingerprint density at radius 2 is 2.15 bits per heavy atom. The van der Waals surface area contributed by atoms with Crippen LogP contribution in [0.2, 0.25) is 0 Å². The fourth-order valence-electron chi connectivity index (χ4n) is 2.35. The van der Waals surface area contributed by atoms with Gasteiger partial charge >= 0.3 is 0 Å². The molecule has 0 aliphatic heterocycles. The topological polar surface area (TPSA) is 89.2 Å². The van der Waals surface area contributed by atoms with Crippen molar-refractivity contribution in [3.8, 4) is 23.3 Å². The number of anilines is 1. The predicted molar refractivity (Wildman–Crippen MR) is 95.4 cm³/mol. The van der Waals surface area contributed by atoms with Gasteiger partial charge in [0.25, 0.3) is 5.91 Å². The molecule has 3 rings (SSSR count). The first kappa shape index (κ1) is 17.0. The molecule has 1 heterocycles. The number of rotatable bonds is 6. The Balaban J connectivity index is 1.63. The molecule has 0 radical (unpaired) electrons. The van der Waals surface area contributed by atoms with Crippen molar-refractivity contribution >= 4 is 11.6 Å². The zero-order valence-electron chi connectivity index (χ0n) is 14.0. The molecule has 0 fully saturated rings. The molecule has 1 amide bonds. The maximum atomic E-state index is 12.2. The Bertz CT molecular complexity index is 946. The second-order valence-corrected chi connectivity index (χ2v) is 5.33. The summed E-state index contributed by atoms with van der Waals surface area (Å²) < 4.78 is 12.5. The molecule has 0 spiro atoms. The molecule has 1 N–H and O–H groups in total. The van der Waals surface area contributed by atoms with Gasteiger partial charge in [0.15, 0.2) is 18.1 Å². The molecule has 0 saturated heterocycles. The number of imidazole rings is 1. The van der Waals surface area contributed by atoms with Gasteiger partial charge in [-0.1, -0.05) is 6.07 Å². The van der Waals surface area contributed by atoms with Crippen molar-refractivity contribution in [2.24, 2.45) is 0 Å². The number of carbonyl (C=O) groups excluding carboxylic acids is 1. The largest absolute Gasteiger partial charge is 0.493 e.